The number of hydrogen-bond acceptors (Lipinski definition) is 3. The SMILES string of the molecule is BC(C)(C)c1sc(C(C)(C)C)c2c1SCC(C)S2. The minimum absolute atomic E-state index is 0.267. The second-order valence-electron chi connectivity index (χ2n) is 7.16. The van der Waals surface area contributed by atoms with Crippen LogP contribution in [0.2, 0.25) is 0 Å². The molecule has 0 spiro atoms. The molecule has 1 atom stereocenters. The first-order valence-corrected chi connectivity index (χ1v) is 9.26. The lowest BCUT2D eigenvalue weighted by Gasteiger charge is -2.25. The Bertz CT molecular complexity index is 449. The van der Waals surface area contributed by atoms with Crippen LogP contribution in [0.3, 0.4) is 0 Å². The van der Waals surface area contributed by atoms with Crippen LogP contribution in [0.4, 0.5) is 0 Å². The van der Waals surface area contributed by atoms with E-state index in [1.807, 2.05) is 11.3 Å². The number of rotatable bonds is 1. The molecule has 1 aromatic rings. The van der Waals surface area contributed by atoms with Crippen molar-refractivity contribution in [2.24, 2.45) is 0 Å². The van der Waals surface area contributed by atoms with Crippen molar-refractivity contribution >= 4 is 42.7 Å². The maximum absolute atomic E-state index is 2.35. The van der Waals surface area contributed by atoms with E-state index in [1.165, 1.54) is 5.75 Å². The van der Waals surface area contributed by atoms with Gasteiger partial charge in [-0.3, -0.25) is 0 Å². The molecule has 0 aliphatic carbocycles. The van der Waals surface area contributed by atoms with Crippen molar-refractivity contribution in [3.8, 4) is 0 Å². The molecule has 0 saturated heterocycles. The smallest absolute Gasteiger partial charge is 0.115 e. The van der Waals surface area contributed by atoms with Crippen LogP contribution in [0.5, 0.6) is 0 Å². The van der Waals surface area contributed by atoms with E-state index < -0.39 is 0 Å². The highest BCUT2D eigenvalue weighted by Crippen LogP contribution is 2.53. The van der Waals surface area contributed by atoms with Crippen molar-refractivity contribution in [2.75, 3.05) is 5.75 Å². The summed E-state index contributed by atoms with van der Waals surface area (Å²) in [5, 5.41) is 1.01. The van der Waals surface area contributed by atoms with Gasteiger partial charge in [0.05, 0.1) is 0 Å². The highest BCUT2D eigenvalue weighted by atomic mass is 32.2. The third-order valence-corrected chi connectivity index (χ3v) is 8.18. The summed E-state index contributed by atoms with van der Waals surface area (Å²) in [7, 11) is 2.34. The topological polar surface area (TPSA) is 0 Å². The Morgan fingerprint density at radius 2 is 1.67 bits per heavy atom. The van der Waals surface area contributed by atoms with Crippen molar-refractivity contribution in [3.63, 3.8) is 0 Å². The van der Waals surface area contributed by atoms with Crippen LogP contribution in [-0.2, 0) is 10.7 Å². The molecule has 1 aliphatic heterocycles. The number of fused-ring (bicyclic) bond motifs is 1. The largest absolute Gasteiger partial charge is 0.143 e. The molecule has 100 valence electrons. The molecule has 4 heteroatoms. The van der Waals surface area contributed by atoms with E-state index in [-0.39, 0.29) is 10.7 Å². The molecule has 0 nitrogen and oxygen atoms in total. The van der Waals surface area contributed by atoms with Gasteiger partial charge in [-0.15, -0.1) is 34.9 Å². The normalized spacial score (nSPS) is 20.9. The molecule has 0 bridgehead atoms. The summed E-state index contributed by atoms with van der Waals surface area (Å²) in [5.74, 6) is 1.25. The zero-order valence-corrected chi connectivity index (χ0v) is 15.0. The third-order valence-electron chi connectivity index (χ3n) is 2.97. The predicted octanol–water partition coefficient (Wildman–Crippen LogP) is 4.50. The fourth-order valence-electron chi connectivity index (χ4n) is 2.06. The van der Waals surface area contributed by atoms with Crippen LogP contribution in [0.25, 0.3) is 0 Å². The monoisotopic (exact) mass is 298 g/mol. The number of thioether (sulfide) groups is 2. The summed E-state index contributed by atoms with van der Waals surface area (Å²) in [4.78, 5) is 6.35. The Hall–Kier alpha value is 0.465. The van der Waals surface area contributed by atoms with Crippen LogP contribution >= 0.6 is 34.9 Å². The number of thiophene rings is 1. The zero-order chi connectivity index (χ0) is 13.7. The highest BCUT2D eigenvalue weighted by molar-refractivity contribution is 8.06. The Morgan fingerprint density at radius 3 is 2.17 bits per heavy atom. The second-order valence-corrected chi connectivity index (χ2v) is 10.7. The van der Waals surface area contributed by atoms with Crippen LogP contribution in [0.15, 0.2) is 9.79 Å². The Kier molecular flexibility index (Phi) is 3.95. The van der Waals surface area contributed by atoms with Crippen molar-refractivity contribution in [3.05, 3.63) is 9.75 Å². The van der Waals surface area contributed by atoms with Crippen molar-refractivity contribution in [1.29, 1.82) is 0 Å². The fourth-order valence-corrected chi connectivity index (χ4v) is 6.86. The zero-order valence-electron chi connectivity index (χ0n) is 12.5. The Labute approximate surface area is 125 Å². The van der Waals surface area contributed by atoms with E-state index in [4.69, 9.17) is 0 Å². The van der Waals surface area contributed by atoms with Crippen molar-refractivity contribution < 1.29 is 0 Å². The molecule has 1 unspecified atom stereocenters. The lowest BCUT2D eigenvalue weighted by Crippen LogP contribution is -2.17. The molecule has 0 radical (unpaired) electrons. The maximum Gasteiger partial charge on any atom is 0.115 e. The standard InChI is InChI=1S/C14H23BS3/c1-8-7-16-9-10(17-8)11(13(2,3)4)18-12(9)14(5,6)15/h8H,7,15H2,1-6H3. The molecule has 1 aliphatic rings. The molecule has 2 rings (SSSR count). The molecule has 2 heterocycles. The minimum Gasteiger partial charge on any atom is -0.143 e. The van der Waals surface area contributed by atoms with Crippen molar-refractivity contribution in [1.82, 2.24) is 0 Å². The van der Waals surface area contributed by atoms with Gasteiger partial charge in [0.25, 0.3) is 0 Å². The average molecular weight is 298 g/mol. The highest BCUT2D eigenvalue weighted by Gasteiger charge is 2.34. The maximum atomic E-state index is 2.35. The van der Waals surface area contributed by atoms with Gasteiger partial charge in [0, 0.05) is 30.5 Å². The van der Waals surface area contributed by atoms with E-state index in [1.54, 1.807) is 19.5 Å². The van der Waals surface area contributed by atoms with Gasteiger partial charge in [-0.2, -0.15) is 0 Å². The first kappa shape index (κ1) is 14.9. The van der Waals surface area contributed by atoms with E-state index in [0.29, 0.717) is 0 Å². The third kappa shape index (κ3) is 2.81. The van der Waals surface area contributed by atoms with E-state index in [9.17, 15) is 0 Å². The Morgan fingerprint density at radius 1 is 1.06 bits per heavy atom. The molecule has 0 N–H and O–H groups in total. The van der Waals surface area contributed by atoms with Crippen LogP contribution in [0.1, 0.15) is 51.3 Å². The summed E-state index contributed by atoms with van der Waals surface area (Å²) in [6.45, 7) is 14.1. The fraction of sp³-hybridized carbons (Fsp3) is 0.714. The van der Waals surface area contributed by atoms with E-state index >= 15 is 0 Å². The first-order valence-electron chi connectivity index (χ1n) is 6.58. The van der Waals surface area contributed by atoms with Gasteiger partial charge in [-0.05, 0) is 10.7 Å². The van der Waals surface area contributed by atoms with E-state index in [2.05, 4.69) is 72.9 Å². The molecule has 0 fully saturated rings. The summed E-state index contributed by atoms with van der Waals surface area (Å²) in [6, 6.07) is 0. The van der Waals surface area contributed by atoms with Gasteiger partial charge in [0.15, 0.2) is 0 Å². The summed E-state index contributed by atoms with van der Waals surface area (Å²) in [6.07, 6.45) is 0. The quantitative estimate of drug-likeness (QED) is 0.700. The lowest BCUT2D eigenvalue weighted by atomic mass is 9.71. The van der Waals surface area contributed by atoms with Gasteiger partial charge in [0.1, 0.15) is 7.85 Å². The predicted molar refractivity (Wildman–Crippen MR) is 90.6 cm³/mol. The van der Waals surface area contributed by atoms with Gasteiger partial charge >= 0.3 is 0 Å². The lowest BCUT2D eigenvalue weighted by molar-refractivity contribution is 0.590. The van der Waals surface area contributed by atoms with Crippen molar-refractivity contribution in [2.45, 2.75) is 67.3 Å². The van der Waals surface area contributed by atoms with Gasteiger partial charge < -0.3 is 0 Å². The summed E-state index contributed by atoms with van der Waals surface area (Å²) >= 11 is 6.22. The number of hydrogen-bond donors (Lipinski definition) is 0. The Balaban J connectivity index is 2.60. The average Bonchev–Trinajstić information content (AvgIpc) is 2.54. The van der Waals surface area contributed by atoms with Crippen LogP contribution in [0, 0.1) is 0 Å². The van der Waals surface area contributed by atoms with Crippen LogP contribution in [-0.4, -0.2) is 18.8 Å². The molecule has 1 aromatic heterocycles. The molecular formula is C14H23BS3. The van der Waals surface area contributed by atoms with Gasteiger partial charge in [-0.25, -0.2) is 0 Å². The van der Waals surface area contributed by atoms with Crippen LogP contribution < -0.4 is 0 Å². The summed E-state index contributed by atoms with van der Waals surface area (Å²) in [5.41, 5.74) is 0.267. The van der Waals surface area contributed by atoms with Gasteiger partial charge in [-0.1, -0.05) is 41.5 Å². The van der Waals surface area contributed by atoms with E-state index in [0.717, 1.165) is 5.25 Å². The first-order chi connectivity index (χ1) is 8.10. The molecule has 0 aromatic carbocycles. The molecule has 18 heavy (non-hydrogen) atoms. The van der Waals surface area contributed by atoms with Gasteiger partial charge in [0.2, 0.25) is 0 Å². The molecule has 0 saturated carbocycles. The minimum atomic E-state index is 0.267. The summed E-state index contributed by atoms with van der Waals surface area (Å²) < 4.78 is 0. The second kappa shape index (κ2) is 4.78. The molecular weight excluding hydrogens is 275 g/mol. The molecule has 0 amide bonds.